The van der Waals surface area contributed by atoms with E-state index in [1.54, 1.807) is 13.8 Å². The number of hydrogen-bond donors (Lipinski definition) is 2. The van der Waals surface area contributed by atoms with Crippen LogP contribution in [0.25, 0.3) is 0 Å². The Morgan fingerprint density at radius 2 is 1.89 bits per heavy atom. The monoisotopic (exact) mass is 273 g/mol. The van der Waals surface area contributed by atoms with E-state index < -0.39 is 29.4 Å². The highest BCUT2D eigenvalue weighted by Gasteiger charge is 2.16. The Labute approximate surface area is 110 Å². The van der Waals surface area contributed by atoms with Gasteiger partial charge in [0.2, 0.25) is 5.91 Å². The van der Waals surface area contributed by atoms with Crippen molar-refractivity contribution < 1.29 is 23.4 Å². The predicted octanol–water partition coefficient (Wildman–Crippen LogP) is 2.32. The number of amides is 1. The number of aliphatic hydroxyl groups is 1. The summed E-state index contributed by atoms with van der Waals surface area (Å²) in [4.78, 5) is 11.6. The van der Waals surface area contributed by atoms with E-state index in [-0.39, 0.29) is 18.0 Å². The van der Waals surface area contributed by atoms with Crippen LogP contribution in [0.4, 0.5) is 14.5 Å². The maximum atomic E-state index is 13.4. The minimum Gasteiger partial charge on any atom is -0.491 e. The normalized spacial score (nSPS) is 12.4. The number of halogens is 2. The standard InChI is InChI=1S/C13H17F2NO3/c1-7(2)11(17)6-12(18)16-8-4-9(14)13(19-3)10(15)5-8/h4-5,7,11,17H,6H2,1-3H3,(H,16,18). The van der Waals surface area contributed by atoms with E-state index in [2.05, 4.69) is 10.1 Å². The molecule has 4 nitrogen and oxygen atoms in total. The number of carbonyl (C=O) groups excluding carboxylic acids is 1. The lowest BCUT2D eigenvalue weighted by Gasteiger charge is -2.14. The lowest BCUT2D eigenvalue weighted by atomic mass is 10.0. The molecule has 19 heavy (non-hydrogen) atoms. The van der Waals surface area contributed by atoms with Gasteiger partial charge in [0, 0.05) is 17.8 Å². The molecule has 1 atom stereocenters. The maximum Gasteiger partial charge on any atom is 0.226 e. The van der Waals surface area contributed by atoms with Gasteiger partial charge in [-0.05, 0) is 5.92 Å². The summed E-state index contributed by atoms with van der Waals surface area (Å²) in [5.74, 6) is -2.88. The van der Waals surface area contributed by atoms with Crippen LogP contribution in [0, 0.1) is 17.6 Å². The molecule has 0 aliphatic heterocycles. The maximum absolute atomic E-state index is 13.4. The molecule has 0 fully saturated rings. The minimum absolute atomic E-state index is 0.0169. The van der Waals surface area contributed by atoms with Crippen LogP contribution in [0.3, 0.4) is 0 Å². The summed E-state index contributed by atoms with van der Waals surface area (Å²) in [7, 11) is 1.15. The Bertz CT molecular complexity index is 440. The molecule has 2 N–H and O–H groups in total. The quantitative estimate of drug-likeness (QED) is 0.865. The zero-order valence-electron chi connectivity index (χ0n) is 11.0. The van der Waals surface area contributed by atoms with Crippen LogP contribution in [0.1, 0.15) is 20.3 Å². The first-order valence-corrected chi connectivity index (χ1v) is 5.86. The molecule has 0 heterocycles. The summed E-state index contributed by atoms with van der Waals surface area (Å²) in [6.45, 7) is 3.54. The van der Waals surface area contributed by atoms with Crippen LogP contribution in [0.5, 0.6) is 5.75 Å². The van der Waals surface area contributed by atoms with Gasteiger partial charge in [-0.2, -0.15) is 0 Å². The van der Waals surface area contributed by atoms with Crippen molar-refractivity contribution in [2.75, 3.05) is 12.4 Å². The van der Waals surface area contributed by atoms with E-state index >= 15 is 0 Å². The average Bonchev–Trinajstić information content (AvgIpc) is 2.27. The summed E-state index contributed by atoms with van der Waals surface area (Å²) >= 11 is 0. The zero-order valence-corrected chi connectivity index (χ0v) is 11.0. The molecule has 0 saturated heterocycles. The fourth-order valence-electron chi connectivity index (χ4n) is 1.46. The van der Waals surface area contributed by atoms with E-state index in [4.69, 9.17) is 0 Å². The predicted molar refractivity (Wildman–Crippen MR) is 67.0 cm³/mol. The molecule has 0 saturated carbocycles. The Balaban J connectivity index is 2.75. The van der Waals surface area contributed by atoms with Crippen LogP contribution in [-0.4, -0.2) is 24.2 Å². The number of rotatable bonds is 5. The lowest BCUT2D eigenvalue weighted by molar-refractivity contribution is -0.118. The molecule has 1 unspecified atom stereocenters. The van der Waals surface area contributed by atoms with Gasteiger partial charge < -0.3 is 15.2 Å². The van der Waals surface area contributed by atoms with E-state index in [0.717, 1.165) is 19.2 Å². The lowest BCUT2D eigenvalue weighted by Crippen LogP contribution is -2.23. The Kier molecular flexibility index (Phi) is 5.23. The van der Waals surface area contributed by atoms with Crippen molar-refractivity contribution in [3.05, 3.63) is 23.8 Å². The van der Waals surface area contributed by atoms with Gasteiger partial charge in [-0.3, -0.25) is 4.79 Å². The first-order chi connectivity index (χ1) is 8.85. The van der Waals surface area contributed by atoms with Gasteiger partial charge in [-0.25, -0.2) is 8.78 Å². The largest absolute Gasteiger partial charge is 0.491 e. The van der Waals surface area contributed by atoms with Crippen molar-refractivity contribution in [2.45, 2.75) is 26.4 Å². The Morgan fingerprint density at radius 3 is 2.32 bits per heavy atom. The zero-order chi connectivity index (χ0) is 14.6. The van der Waals surface area contributed by atoms with Gasteiger partial charge >= 0.3 is 0 Å². The summed E-state index contributed by atoms with van der Waals surface area (Å²) in [5, 5.41) is 11.9. The topological polar surface area (TPSA) is 58.6 Å². The second-order valence-electron chi connectivity index (χ2n) is 4.54. The second-order valence-corrected chi connectivity index (χ2v) is 4.54. The van der Waals surface area contributed by atoms with Crippen molar-refractivity contribution >= 4 is 11.6 Å². The number of aliphatic hydroxyl groups excluding tert-OH is 1. The van der Waals surface area contributed by atoms with Gasteiger partial charge in [0.05, 0.1) is 19.6 Å². The van der Waals surface area contributed by atoms with Gasteiger partial charge in [-0.15, -0.1) is 0 Å². The first kappa shape index (κ1) is 15.4. The third-order valence-electron chi connectivity index (χ3n) is 2.65. The molecule has 106 valence electrons. The third kappa shape index (κ3) is 4.17. The molecule has 0 radical (unpaired) electrons. The number of carbonyl (C=O) groups is 1. The summed E-state index contributed by atoms with van der Waals surface area (Å²) in [6, 6.07) is 1.92. The minimum atomic E-state index is -0.901. The van der Waals surface area contributed by atoms with Crippen molar-refractivity contribution in [2.24, 2.45) is 5.92 Å². The Morgan fingerprint density at radius 1 is 1.37 bits per heavy atom. The summed E-state index contributed by atoms with van der Waals surface area (Å²) in [6.07, 6.45) is -0.930. The molecular weight excluding hydrogens is 256 g/mol. The molecule has 0 aliphatic rings. The molecule has 0 bridgehead atoms. The number of anilines is 1. The highest BCUT2D eigenvalue weighted by atomic mass is 19.1. The highest BCUT2D eigenvalue weighted by molar-refractivity contribution is 5.91. The van der Waals surface area contributed by atoms with Crippen molar-refractivity contribution in [3.63, 3.8) is 0 Å². The molecule has 1 aromatic carbocycles. The van der Waals surface area contributed by atoms with Crippen LogP contribution in [0.15, 0.2) is 12.1 Å². The Hall–Kier alpha value is -1.69. The fourth-order valence-corrected chi connectivity index (χ4v) is 1.46. The first-order valence-electron chi connectivity index (χ1n) is 5.86. The molecular formula is C13H17F2NO3. The molecule has 0 spiro atoms. The highest BCUT2D eigenvalue weighted by Crippen LogP contribution is 2.25. The molecule has 1 amide bonds. The fraction of sp³-hybridized carbons (Fsp3) is 0.462. The van der Waals surface area contributed by atoms with E-state index in [1.807, 2.05) is 0 Å². The molecule has 6 heteroatoms. The third-order valence-corrected chi connectivity index (χ3v) is 2.65. The van der Waals surface area contributed by atoms with Gasteiger partial charge in [0.1, 0.15) is 0 Å². The van der Waals surface area contributed by atoms with Crippen LogP contribution in [-0.2, 0) is 4.79 Å². The van der Waals surface area contributed by atoms with E-state index in [0.29, 0.717) is 0 Å². The molecule has 1 aromatic rings. The van der Waals surface area contributed by atoms with Crippen LogP contribution in [0.2, 0.25) is 0 Å². The van der Waals surface area contributed by atoms with E-state index in [1.165, 1.54) is 0 Å². The smallest absolute Gasteiger partial charge is 0.226 e. The van der Waals surface area contributed by atoms with Gasteiger partial charge in [0.25, 0.3) is 0 Å². The average molecular weight is 273 g/mol. The molecule has 0 aliphatic carbocycles. The summed E-state index contributed by atoms with van der Waals surface area (Å²) in [5.41, 5.74) is -0.0169. The second kappa shape index (κ2) is 6.47. The van der Waals surface area contributed by atoms with Crippen LogP contribution < -0.4 is 10.1 Å². The molecule has 0 aromatic heterocycles. The SMILES string of the molecule is COc1c(F)cc(NC(=O)CC(O)C(C)C)cc1F. The number of methoxy groups -OCH3 is 1. The van der Waals surface area contributed by atoms with Gasteiger partial charge in [0.15, 0.2) is 17.4 Å². The molecule has 1 rings (SSSR count). The van der Waals surface area contributed by atoms with Crippen molar-refractivity contribution in [1.29, 1.82) is 0 Å². The number of benzene rings is 1. The van der Waals surface area contributed by atoms with Crippen LogP contribution >= 0.6 is 0 Å². The van der Waals surface area contributed by atoms with Crippen molar-refractivity contribution in [1.82, 2.24) is 0 Å². The number of ether oxygens (including phenoxy) is 1. The number of nitrogens with one attached hydrogen (secondary N) is 1. The number of hydrogen-bond acceptors (Lipinski definition) is 3. The summed E-state index contributed by atoms with van der Waals surface area (Å²) < 4.78 is 31.3. The van der Waals surface area contributed by atoms with E-state index in [9.17, 15) is 18.7 Å². The van der Waals surface area contributed by atoms with Crippen molar-refractivity contribution in [3.8, 4) is 5.75 Å². The van der Waals surface area contributed by atoms with Gasteiger partial charge in [-0.1, -0.05) is 13.8 Å².